The fraction of sp³-hybridized carbons (Fsp3) is 0.267. The first-order chi connectivity index (χ1) is 8.81. The highest BCUT2D eigenvalue weighted by Gasteiger charge is 2.01. The summed E-state index contributed by atoms with van der Waals surface area (Å²) in [5.74, 6) is 0.0882. The van der Waals surface area contributed by atoms with Crippen molar-refractivity contribution in [1.82, 2.24) is 5.32 Å². The van der Waals surface area contributed by atoms with E-state index in [1.165, 1.54) is 10.8 Å². The molecule has 2 N–H and O–H groups in total. The van der Waals surface area contributed by atoms with Crippen molar-refractivity contribution in [2.45, 2.75) is 13.3 Å². The molecule has 0 aromatic heterocycles. The smallest absolute Gasteiger partial charge is 0.221 e. The van der Waals surface area contributed by atoms with Crippen molar-refractivity contribution in [3.63, 3.8) is 0 Å². The van der Waals surface area contributed by atoms with Crippen LogP contribution in [0.3, 0.4) is 0 Å². The van der Waals surface area contributed by atoms with Crippen molar-refractivity contribution in [2.24, 2.45) is 0 Å². The van der Waals surface area contributed by atoms with Crippen molar-refractivity contribution >= 4 is 22.4 Å². The number of carbonyl (C=O) groups excluding carboxylic acids is 1. The molecule has 0 spiro atoms. The van der Waals surface area contributed by atoms with Gasteiger partial charge in [0.15, 0.2) is 0 Å². The lowest BCUT2D eigenvalue weighted by Gasteiger charge is -2.09. The van der Waals surface area contributed by atoms with Gasteiger partial charge in [0.2, 0.25) is 5.91 Å². The fourth-order valence-corrected chi connectivity index (χ4v) is 1.98. The van der Waals surface area contributed by atoms with Gasteiger partial charge in [-0.3, -0.25) is 4.79 Å². The molecule has 3 heteroatoms. The quantitative estimate of drug-likeness (QED) is 0.846. The molecule has 0 bridgehead atoms. The second-order valence-electron chi connectivity index (χ2n) is 4.16. The van der Waals surface area contributed by atoms with Crippen LogP contribution in [0.15, 0.2) is 42.5 Å². The Hall–Kier alpha value is -2.03. The Morgan fingerprint density at radius 1 is 1.11 bits per heavy atom. The van der Waals surface area contributed by atoms with Gasteiger partial charge in [-0.25, -0.2) is 0 Å². The van der Waals surface area contributed by atoms with E-state index in [9.17, 15) is 4.79 Å². The third-order valence-electron chi connectivity index (χ3n) is 2.83. The molecule has 0 fully saturated rings. The summed E-state index contributed by atoms with van der Waals surface area (Å²) in [7, 11) is 0. The van der Waals surface area contributed by atoms with Gasteiger partial charge in [0, 0.05) is 30.6 Å². The van der Waals surface area contributed by atoms with E-state index in [4.69, 9.17) is 0 Å². The average Bonchev–Trinajstić information content (AvgIpc) is 2.39. The van der Waals surface area contributed by atoms with Gasteiger partial charge in [0.25, 0.3) is 0 Å². The number of benzene rings is 2. The molecule has 2 aromatic rings. The monoisotopic (exact) mass is 242 g/mol. The molecular formula is C15H18N2O. The van der Waals surface area contributed by atoms with E-state index in [-0.39, 0.29) is 5.91 Å². The summed E-state index contributed by atoms with van der Waals surface area (Å²) in [6.07, 6.45) is 0.497. The van der Waals surface area contributed by atoms with E-state index >= 15 is 0 Å². The van der Waals surface area contributed by atoms with Crippen molar-refractivity contribution in [3.05, 3.63) is 42.5 Å². The number of rotatable bonds is 5. The first-order valence-corrected chi connectivity index (χ1v) is 6.29. The molecule has 0 unspecified atom stereocenters. The second kappa shape index (κ2) is 6.05. The van der Waals surface area contributed by atoms with Crippen LogP contribution < -0.4 is 10.6 Å². The normalized spacial score (nSPS) is 10.3. The first-order valence-electron chi connectivity index (χ1n) is 6.29. The summed E-state index contributed by atoms with van der Waals surface area (Å²) >= 11 is 0. The predicted octanol–water partition coefficient (Wildman–Crippen LogP) is 2.78. The molecule has 2 aromatic carbocycles. The number of nitrogens with one attached hydrogen (secondary N) is 2. The Kier molecular flexibility index (Phi) is 4.18. The SMILES string of the molecule is CCNC(=O)CCNc1cccc2ccccc12. The molecule has 94 valence electrons. The third-order valence-corrected chi connectivity index (χ3v) is 2.83. The van der Waals surface area contributed by atoms with Crippen LogP contribution in [-0.2, 0) is 4.79 Å². The Morgan fingerprint density at radius 3 is 2.72 bits per heavy atom. The van der Waals surface area contributed by atoms with E-state index in [2.05, 4.69) is 28.8 Å². The Morgan fingerprint density at radius 2 is 1.89 bits per heavy atom. The van der Waals surface area contributed by atoms with E-state index in [0.29, 0.717) is 19.5 Å². The van der Waals surface area contributed by atoms with Gasteiger partial charge in [-0.05, 0) is 18.4 Å². The van der Waals surface area contributed by atoms with Crippen molar-refractivity contribution in [3.8, 4) is 0 Å². The highest BCUT2D eigenvalue weighted by atomic mass is 16.1. The minimum atomic E-state index is 0.0882. The predicted molar refractivity (Wildman–Crippen MR) is 75.7 cm³/mol. The number of fused-ring (bicyclic) bond motifs is 1. The van der Waals surface area contributed by atoms with Crippen molar-refractivity contribution in [2.75, 3.05) is 18.4 Å². The fourth-order valence-electron chi connectivity index (χ4n) is 1.98. The summed E-state index contributed by atoms with van der Waals surface area (Å²) in [6.45, 7) is 3.27. The molecule has 0 heterocycles. The summed E-state index contributed by atoms with van der Waals surface area (Å²) < 4.78 is 0. The minimum absolute atomic E-state index is 0.0882. The van der Waals surface area contributed by atoms with Crippen LogP contribution in [0.2, 0.25) is 0 Å². The zero-order chi connectivity index (χ0) is 12.8. The lowest BCUT2D eigenvalue weighted by atomic mass is 10.1. The standard InChI is InChI=1S/C15H18N2O/c1-2-16-15(18)10-11-17-14-9-5-7-12-6-3-4-8-13(12)14/h3-9,17H,2,10-11H2,1H3,(H,16,18). The largest absolute Gasteiger partial charge is 0.384 e. The third kappa shape index (κ3) is 3.00. The topological polar surface area (TPSA) is 41.1 Å². The minimum Gasteiger partial charge on any atom is -0.384 e. The summed E-state index contributed by atoms with van der Waals surface area (Å²) in [5, 5.41) is 8.51. The maximum Gasteiger partial charge on any atom is 0.221 e. The Balaban J connectivity index is 2.01. The van der Waals surface area contributed by atoms with E-state index < -0.39 is 0 Å². The van der Waals surface area contributed by atoms with Gasteiger partial charge in [-0.2, -0.15) is 0 Å². The van der Waals surface area contributed by atoms with Gasteiger partial charge < -0.3 is 10.6 Å². The van der Waals surface area contributed by atoms with E-state index in [0.717, 1.165) is 5.69 Å². The Labute approximate surface area is 107 Å². The second-order valence-corrected chi connectivity index (χ2v) is 4.16. The van der Waals surface area contributed by atoms with Crippen molar-refractivity contribution < 1.29 is 4.79 Å². The Bertz CT molecular complexity index is 532. The summed E-state index contributed by atoms with van der Waals surface area (Å²) in [5.41, 5.74) is 1.08. The number of hydrogen-bond donors (Lipinski definition) is 2. The van der Waals surface area contributed by atoms with Crippen LogP contribution in [0.4, 0.5) is 5.69 Å². The highest BCUT2D eigenvalue weighted by Crippen LogP contribution is 2.22. The molecule has 2 rings (SSSR count). The average molecular weight is 242 g/mol. The molecule has 0 atom stereocenters. The lowest BCUT2D eigenvalue weighted by molar-refractivity contribution is -0.120. The van der Waals surface area contributed by atoms with Crippen LogP contribution in [0.25, 0.3) is 10.8 Å². The van der Waals surface area contributed by atoms with Crippen LogP contribution in [0, 0.1) is 0 Å². The van der Waals surface area contributed by atoms with Gasteiger partial charge in [-0.1, -0.05) is 36.4 Å². The molecule has 0 aliphatic heterocycles. The molecular weight excluding hydrogens is 224 g/mol. The number of carbonyl (C=O) groups is 1. The molecule has 3 nitrogen and oxygen atoms in total. The maximum absolute atomic E-state index is 11.3. The molecule has 0 aliphatic carbocycles. The molecule has 0 saturated heterocycles. The molecule has 1 amide bonds. The van der Waals surface area contributed by atoms with Crippen molar-refractivity contribution in [1.29, 1.82) is 0 Å². The lowest BCUT2D eigenvalue weighted by Crippen LogP contribution is -2.24. The first kappa shape index (κ1) is 12.4. The summed E-state index contributed by atoms with van der Waals surface area (Å²) in [6, 6.07) is 14.4. The molecule has 18 heavy (non-hydrogen) atoms. The number of anilines is 1. The molecule has 0 radical (unpaired) electrons. The van der Waals surface area contributed by atoms with Gasteiger partial charge in [-0.15, -0.1) is 0 Å². The number of hydrogen-bond acceptors (Lipinski definition) is 2. The zero-order valence-electron chi connectivity index (χ0n) is 10.6. The molecule has 0 saturated carbocycles. The van der Waals surface area contributed by atoms with Crippen LogP contribution >= 0.6 is 0 Å². The van der Waals surface area contributed by atoms with Gasteiger partial charge in [0.05, 0.1) is 0 Å². The molecule has 0 aliphatic rings. The van der Waals surface area contributed by atoms with Crippen LogP contribution in [0.5, 0.6) is 0 Å². The number of amides is 1. The van der Waals surface area contributed by atoms with E-state index in [1.54, 1.807) is 0 Å². The summed E-state index contributed by atoms with van der Waals surface area (Å²) in [4.78, 5) is 11.3. The van der Waals surface area contributed by atoms with Gasteiger partial charge in [0.1, 0.15) is 0 Å². The van der Waals surface area contributed by atoms with E-state index in [1.807, 2.05) is 31.2 Å². The van der Waals surface area contributed by atoms with Gasteiger partial charge >= 0.3 is 0 Å². The maximum atomic E-state index is 11.3. The van der Waals surface area contributed by atoms with Crippen LogP contribution in [0.1, 0.15) is 13.3 Å². The zero-order valence-corrected chi connectivity index (χ0v) is 10.6. The van der Waals surface area contributed by atoms with Crippen LogP contribution in [-0.4, -0.2) is 19.0 Å². The highest BCUT2D eigenvalue weighted by molar-refractivity contribution is 5.93.